The molecule has 0 aromatic heterocycles. The van der Waals surface area contributed by atoms with Gasteiger partial charge in [-0.1, -0.05) is 23.7 Å². The first-order valence-electron chi connectivity index (χ1n) is 9.76. The van der Waals surface area contributed by atoms with Crippen LogP contribution in [0.4, 0.5) is 11.4 Å². The van der Waals surface area contributed by atoms with Crippen LogP contribution in [-0.4, -0.2) is 57.7 Å². The van der Waals surface area contributed by atoms with Crippen LogP contribution in [0.5, 0.6) is 0 Å². The molecule has 1 amide bonds. The third-order valence-corrected chi connectivity index (χ3v) is 7.66. The fourth-order valence-corrected chi connectivity index (χ4v) is 5.70. The molecule has 2 aromatic rings. The molecule has 0 unspecified atom stereocenters. The lowest BCUT2D eigenvalue weighted by molar-refractivity contribution is 0.0747. The Balaban J connectivity index is 1.46. The minimum atomic E-state index is -3.26. The Bertz CT molecular complexity index is 1030. The first kappa shape index (κ1) is 20.0. The van der Waals surface area contributed by atoms with E-state index < -0.39 is 10.0 Å². The second-order valence-electron chi connectivity index (χ2n) is 7.50. The Morgan fingerprint density at radius 2 is 1.76 bits per heavy atom. The Hall–Kier alpha value is -2.25. The summed E-state index contributed by atoms with van der Waals surface area (Å²) in [6.07, 6.45) is 0.616. The summed E-state index contributed by atoms with van der Waals surface area (Å²) in [6.45, 7) is 5.20. The van der Waals surface area contributed by atoms with Crippen LogP contribution in [0.1, 0.15) is 22.3 Å². The summed E-state index contributed by atoms with van der Waals surface area (Å²) < 4.78 is 25.8. The maximum atomic E-state index is 13.0. The fraction of sp³-hybridized carbons (Fsp3) is 0.381. The van der Waals surface area contributed by atoms with E-state index in [1.54, 1.807) is 24.3 Å². The smallest absolute Gasteiger partial charge is 0.254 e. The number of benzene rings is 2. The van der Waals surface area contributed by atoms with Crippen LogP contribution in [0.25, 0.3) is 0 Å². The minimum Gasteiger partial charge on any atom is -0.368 e. The minimum absolute atomic E-state index is 0.0640. The summed E-state index contributed by atoms with van der Waals surface area (Å²) in [5, 5.41) is 0.706. The van der Waals surface area contributed by atoms with Crippen molar-refractivity contribution in [3.63, 3.8) is 0 Å². The summed E-state index contributed by atoms with van der Waals surface area (Å²) in [4.78, 5) is 17.1. The number of rotatable bonds is 3. The Morgan fingerprint density at radius 3 is 2.45 bits per heavy atom. The van der Waals surface area contributed by atoms with Gasteiger partial charge in [0.15, 0.2) is 0 Å². The van der Waals surface area contributed by atoms with Gasteiger partial charge in [0.25, 0.3) is 5.91 Å². The average Bonchev–Trinajstić information content (AvgIpc) is 3.08. The molecule has 0 spiro atoms. The van der Waals surface area contributed by atoms with Crippen LogP contribution in [0.2, 0.25) is 5.02 Å². The summed E-state index contributed by atoms with van der Waals surface area (Å²) in [6, 6.07) is 12.8. The van der Waals surface area contributed by atoms with Gasteiger partial charge in [-0.05, 0) is 49.2 Å². The highest BCUT2D eigenvalue weighted by Gasteiger charge is 2.29. The van der Waals surface area contributed by atoms with Crippen LogP contribution >= 0.6 is 11.6 Å². The van der Waals surface area contributed by atoms with E-state index in [0.29, 0.717) is 42.3 Å². The van der Waals surface area contributed by atoms with Crippen molar-refractivity contribution in [1.82, 2.24) is 4.90 Å². The van der Waals surface area contributed by atoms with E-state index in [1.165, 1.54) is 4.31 Å². The van der Waals surface area contributed by atoms with Gasteiger partial charge in [0.1, 0.15) is 0 Å². The van der Waals surface area contributed by atoms with Gasteiger partial charge in [-0.3, -0.25) is 9.10 Å². The fourth-order valence-electron chi connectivity index (χ4n) is 3.98. The molecular weight excluding hydrogens is 410 g/mol. The molecule has 2 heterocycles. The number of anilines is 2. The van der Waals surface area contributed by atoms with Crippen LogP contribution < -0.4 is 9.21 Å². The SMILES string of the molecule is Cc1ccc(Cl)cc1N1CCN(C(=O)c2cccc(N3CCCS3(=O)=O)c2)CC1. The molecule has 0 aliphatic carbocycles. The molecule has 2 aliphatic rings. The Labute approximate surface area is 176 Å². The van der Waals surface area contributed by atoms with Gasteiger partial charge in [0.2, 0.25) is 10.0 Å². The van der Waals surface area contributed by atoms with Crippen molar-refractivity contribution in [3.8, 4) is 0 Å². The molecule has 0 bridgehead atoms. The third-order valence-electron chi connectivity index (χ3n) is 5.56. The van der Waals surface area contributed by atoms with Gasteiger partial charge in [-0.2, -0.15) is 0 Å². The van der Waals surface area contributed by atoms with Crippen LogP contribution in [-0.2, 0) is 10.0 Å². The quantitative estimate of drug-likeness (QED) is 0.746. The number of halogens is 1. The number of hydrogen-bond acceptors (Lipinski definition) is 4. The van der Waals surface area contributed by atoms with Crippen molar-refractivity contribution in [2.45, 2.75) is 13.3 Å². The van der Waals surface area contributed by atoms with Crippen LogP contribution in [0.3, 0.4) is 0 Å². The monoisotopic (exact) mass is 433 g/mol. The molecule has 6 nitrogen and oxygen atoms in total. The van der Waals surface area contributed by atoms with E-state index in [9.17, 15) is 13.2 Å². The maximum absolute atomic E-state index is 13.0. The summed E-state index contributed by atoms with van der Waals surface area (Å²) in [7, 11) is -3.26. The number of carbonyl (C=O) groups excluding carboxylic acids is 1. The number of nitrogens with zero attached hydrogens (tertiary/aromatic N) is 3. The van der Waals surface area contributed by atoms with Crippen LogP contribution in [0, 0.1) is 6.92 Å². The Kier molecular flexibility index (Phi) is 5.44. The number of hydrogen-bond donors (Lipinski definition) is 0. The topological polar surface area (TPSA) is 60.9 Å². The molecule has 8 heteroatoms. The van der Waals surface area contributed by atoms with Crippen molar-refractivity contribution in [2.24, 2.45) is 0 Å². The lowest BCUT2D eigenvalue weighted by Crippen LogP contribution is -2.49. The highest BCUT2D eigenvalue weighted by Crippen LogP contribution is 2.27. The van der Waals surface area contributed by atoms with Gasteiger partial charge in [-0.15, -0.1) is 0 Å². The van der Waals surface area contributed by atoms with Crippen molar-refractivity contribution in [3.05, 3.63) is 58.6 Å². The zero-order valence-electron chi connectivity index (χ0n) is 16.3. The van der Waals surface area contributed by atoms with Gasteiger partial charge < -0.3 is 9.80 Å². The number of amides is 1. The molecule has 4 rings (SSSR count). The predicted molar refractivity (Wildman–Crippen MR) is 116 cm³/mol. The average molecular weight is 434 g/mol. The molecule has 29 heavy (non-hydrogen) atoms. The largest absolute Gasteiger partial charge is 0.368 e. The number of aryl methyl sites for hydroxylation is 1. The zero-order chi connectivity index (χ0) is 20.6. The molecule has 2 aromatic carbocycles. The molecule has 0 radical (unpaired) electrons. The van der Waals surface area contributed by atoms with Gasteiger partial charge in [0, 0.05) is 49.0 Å². The third kappa shape index (κ3) is 4.07. The Morgan fingerprint density at radius 1 is 1.00 bits per heavy atom. The molecule has 2 saturated heterocycles. The van der Waals surface area contributed by atoms with Gasteiger partial charge >= 0.3 is 0 Å². The van der Waals surface area contributed by atoms with E-state index >= 15 is 0 Å². The first-order valence-corrected chi connectivity index (χ1v) is 11.7. The van der Waals surface area contributed by atoms with E-state index in [1.807, 2.05) is 23.1 Å². The normalized spacial score (nSPS) is 18.9. The van der Waals surface area contributed by atoms with E-state index in [-0.39, 0.29) is 11.7 Å². The molecule has 0 saturated carbocycles. The number of piperazine rings is 1. The van der Waals surface area contributed by atoms with Crippen molar-refractivity contribution >= 4 is 38.9 Å². The summed E-state index contributed by atoms with van der Waals surface area (Å²) in [5.74, 6) is 0.0988. The highest BCUT2D eigenvalue weighted by molar-refractivity contribution is 7.93. The summed E-state index contributed by atoms with van der Waals surface area (Å²) in [5.41, 5.74) is 3.36. The highest BCUT2D eigenvalue weighted by atomic mass is 35.5. The van der Waals surface area contributed by atoms with Crippen molar-refractivity contribution in [2.75, 3.05) is 47.7 Å². The second kappa shape index (κ2) is 7.88. The predicted octanol–water partition coefficient (Wildman–Crippen LogP) is 3.15. The molecule has 0 atom stereocenters. The summed E-state index contributed by atoms with van der Waals surface area (Å²) >= 11 is 6.15. The lowest BCUT2D eigenvalue weighted by Gasteiger charge is -2.37. The first-order chi connectivity index (χ1) is 13.8. The van der Waals surface area contributed by atoms with E-state index in [2.05, 4.69) is 11.8 Å². The van der Waals surface area contributed by atoms with E-state index in [0.717, 1.165) is 24.3 Å². The lowest BCUT2D eigenvalue weighted by atomic mass is 10.1. The second-order valence-corrected chi connectivity index (χ2v) is 9.95. The van der Waals surface area contributed by atoms with E-state index in [4.69, 9.17) is 11.6 Å². The standard InChI is InChI=1S/C21H24ClN3O3S/c1-16-6-7-18(22)15-20(16)23-9-11-24(12-10-23)21(26)17-4-2-5-19(14-17)25-8-3-13-29(25,27)28/h2,4-7,14-15H,3,8-13H2,1H3. The number of sulfonamides is 1. The van der Waals surface area contributed by atoms with Gasteiger partial charge in [0.05, 0.1) is 11.4 Å². The molecular formula is C21H24ClN3O3S. The molecule has 2 fully saturated rings. The molecule has 154 valence electrons. The number of carbonyl (C=O) groups is 1. The maximum Gasteiger partial charge on any atom is 0.254 e. The molecule has 0 N–H and O–H groups in total. The van der Waals surface area contributed by atoms with Crippen molar-refractivity contribution < 1.29 is 13.2 Å². The van der Waals surface area contributed by atoms with Crippen molar-refractivity contribution in [1.29, 1.82) is 0 Å². The van der Waals surface area contributed by atoms with Crippen LogP contribution in [0.15, 0.2) is 42.5 Å². The molecule has 2 aliphatic heterocycles. The van der Waals surface area contributed by atoms with Gasteiger partial charge in [-0.25, -0.2) is 8.42 Å². The zero-order valence-corrected chi connectivity index (χ0v) is 17.9.